The van der Waals surface area contributed by atoms with E-state index in [9.17, 15) is 0 Å². The molecular weight excluding hydrogens is 677 g/mol. The van der Waals surface area contributed by atoms with Crippen molar-refractivity contribution >= 4 is 24.4 Å². The first kappa shape index (κ1) is 45.3. The third-order valence-electron chi connectivity index (χ3n) is 10.6. The first-order valence-corrected chi connectivity index (χ1v) is 21.3. The molecular formula is C54H70N2. The SMILES string of the molecule is C=c1cccc\c1=C/C=C(CC)\C(=C/C=C/C(=C/C=C\C=C\c1ccc(CC)c(CC)c1)Nc1ccc(CC)c(CC)c1)CC.CCC1=C(CC)CCC(N)=C1. The summed E-state index contributed by atoms with van der Waals surface area (Å²) in [7, 11) is 0. The molecule has 3 aromatic carbocycles. The van der Waals surface area contributed by atoms with Crippen LogP contribution in [0.4, 0.5) is 5.69 Å². The zero-order valence-corrected chi connectivity index (χ0v) is 36.0. The van der Waals surface area contributed by atoms with E-state index in [-0.39, 0.29) is 0 Å². The molecule has 1 aliphatic carbocycles. The quantitative estimate of drug-likeness (QED) is 0.135. The normalized spacial score (nSPS) is 14.5. The predicted molar refractivity (Wildman–Crippen MR) is 251 cm³/mol. The summed E-state index contributed by atoms with van der Waals surface area (Å²) in [5.41, 5.74) is 21.6. The standard InChI is InChI=1S/C44H53N.C10H17N/c1-8-36(37(9-2)28-29-42-22-18-17-20-34(42)7)23-19-25-43(45-44-31-30-39(11-4)41(13-6)33-44)24-16-14-15-21-35-26-27-38(10-3)40(12-5)32-35;1-3-8-5-6-10(11)7-9(8)4-2/h14-33,45H,7-13H2,1-6H3;7H,3-6,11H2,1-2H3/b16-14-,21-15+,25-19+,36-23-,37-28-,42-29+,43-24-;. The molecule has 0 saturated carbocycles. The van der Waals surface area contributed by atoms with Gasteiger partial charge >= 0.3 is 0 Å². The van der Waals surface area contributed by atoms with Crippen molar-refractivity contribution in [2.75, 3.05) is 5.32 Å². The van der Waals surface area contributed by atoms with Crippen LogP contribution in [-0.2, 0) is 25.7 Å². The molecule has 0 heterocycles. The molecule has 0 aliphatic heterocycles. The van der Waals surface area contributed by atoms with Gasteiger partial charge in [-0.15, -0.1) is 0 Å². The Kier molecular flexibility index (Phi) is 20.4. The highest BCUT2D eigenvalue weighted by molar-refractivity contribution is 5.57. The summed E-state index contributed by atoms with van der Waals surface area (Å²) >= 11 is 0. The second kappa shape index (κ2) is 25.2. The lowest BCUT2D eigenvalue weighted by Crippen LogP contribution is -2.21. The number of anilines is 1. The molecule has 0 saturated heterocycles. The number of nitrogens with one attached hydrogen (secondary N) is 1. The first-order chi connectivity index (χ1) is 27.2. The second-order valence-corrected chi connectivity index (χ2v) is 14.3. The van der Waals surface area contributed by atoms with E-state index in [0.29, 0.717) is 0 Å². The van der Waals surface area contributed by atoms with E-state index in [0.717, 1.165) is 78.9 Å². The van der Waals surface area contributed by atoms with Crippen LogP contribution < -0.4 is 21.5 Å². The van der Waals surface area contributed by atoms with Crippen molar-refractivity contribution in [1.82, 2.24) is 0 Å². The van der Waals surface area contributed by atoms with Crippen molar-refractivity contribution in [2.45, 2.75) is 120 Å². The van der Waals surface area contributed by atoms with Crippen LogP contribution in [0.5, 0.6) is 0 Å². The molecule has 0 bridgehead atoms. The highest BCUT2D eigenvalue weighted by Gasteiger charge is 2.08. The van der Waals surface area contributed by atoms with E-state index in [2.05, 4.69) is 189 Å². The smallest absolute Gasteiger partial charge is 0.0387 e. The van der Waals surface area contributed by atoms with E-state index in [1.807, 2.05) is 6.07 Å². The first-order valence-electron chi connectivity index (χ1n) is 21.3. The van der Waals surface area contributed by atoms with Crippen molar-refractivity contribution in [3.63, 3.8) is 0 Å². The Labute approximate surface area is 341 Å². The average Bonchev–Trinajstić information content (AvgIpc) is 3.23. The average molecular weight is 747 g/mol. The number of aryl methyl sites for hydroxylation is 4. The van der Waals surface area contributed by atoms with E-state index in [1.165, 1.54) is 57.4 Å². The van der Waals surface area contributed by atoms with Gasteiger partial charge in [0.15, 0.2) is 0 Å². The van der Waals surface area contributed by atoms with Crippen molar-refractivity contribution in [3.05, 3.63) is 187 Å². The number of hydrogen-bond acceptors (Lipinski definition) is 2. The number of benzene rings is 3. The minimum Gasteiger partial charge on any atom is -0.402 e. The van der Waals surface area contributed by atoms with Gasteiger partial charge in [-0.25, -0.2) is 0 Å². The third kappa shape index (κ3) is 14.5. The maximum absolute atomic E-state index is 5.74. The molecule has 3 N–H and O–H groups in total. The van der Waals surface area contributed by atoms with E-state index >= 15 is 0 Å². The Morgan fingerprint density at radius 1 is 0.643 bits per heavy atom. The summed E-state index contributed by atoms with van der Waals surface area (Å²) < 4.78 is 0. The van der Waals surface area contributed by atoms with Crippen molar-refractivity contribution in [2.24, 2.45) is 5.73 Å². The van der Waals surface area contributed by atoms with Crippen LogP contribution in [0.3, 0.4) is 0 Å². The van der Waals surface area contributed by atoms with Crippen LogP contribution >= 0.6 is 0 Å². The molecule has 2 heteroatoms. The van der Waals surface area contributed by atoms with Gasteiger partial charge in [-0.05, 0) is 150 Å². The van der Waals surface area contributed by atoms with Crippen molar-refractivity contribution in [1.29, 1.82) is 0 Å². The third-order valence-corrected chi connectivity index (χ3v) is 10.6. The lowest BCUT2D eigenvalue weighted by atomic mass is 9.92. The van der Waals surface area contributed by atoms with Gasteiger partial charge in [-0.1, -0.05) is 165 Å². The van der Waals surface area contributed by atoms with Gasteiger partial charge < -0.3 is 11.1 Å². The zero-order valence-electron chi connectivity index (χ0n) is 36.0. The monoisotopic (exact) mass is 747 g/mol. The molecule has 0 amide bonds. The van der Waals surface area contributed by atoms with Gasteiger partial charge in [0.1, 0.15) is 0 Å². The fraction of sp³-hybridized carbons (Fsp3) is 0.333. The molecule has 296 valence electrons. The summed E-state index contributed by atoms with van der Waals surface area (Å²) in [5, 5.41) is 5.88. The number of allylic oxidation sites excluding steroid dienone is 14. The Morgan fingerprint density at radius 2 is 1.30 bits per heavy atom. The molecule has 4 rings (SSSR count). The molecule has 0 atom stereocenters. The van der Waals surface area contributed by atoms with Crippen LogP contribution in [0.2, 0.25) is 0 Å². The number of rotatable bonds is 17. The van der Waals surface area contributed by atoms with E-state index in [1.54, 1.807) is 5.57 Å². The van der Waals surface area contributed by atoms with Gasteiger partial charge in [0.2, 0.25) is 0 Å². The van der Waals surface area contributed by atoms with Gasteiger partial charge in [0.05, 0.1) is 0 Å². The molecule has 0 radical (unpaired) electrons. The maximum atomic E-state index is 5.74. The highest BCUT2D eigenvalue weighted by Crippen LogP contribution is 2.26. The topological polar surface area (TPSA) is 38.0 Å². The molecule has 1 aliphatic rings. The molecule has 0 spiro atoms. The minimum atomic E-state index is 0.971. The Bertz CT molecular complexity index is 2070. The van der Waals surface area contributed by atoms with Crippen LogP contribution in [0.1, 0.15) is 122 Å². The Balaban J connectivity index is 0.000000655. The largest absolute Gasteiger partial charge is 0.402 e. The van der Waals surface area contributed by atoms with Crippen LogP contribution in [0.15, 0.2) is 149 Å². The summed E-state index contributed by atoms with van der Waals surface area (Å²) in [5.74, 6) is 0. The van der Waals surface area contributed by atoms with Crippen molar-refractivity contribution < 1.29 is 0 Å². The van der Waals surface area contributed by atoms with Crippen LogP contribution in [0, 0.1) is 0 Å². The number of hydrogen-bond donors (Lipinski definition) is 2. The Hall–Kier alpha value is -5.08. The molecule has 0 aromatic heterocycles. The van der Waals surface area contributed by atoms with E-state index < -0.39 is 0 Å². The summed E-state index contributed by atoms with van der Waals surface area (Å²) in [6, 6.07) is 21.8. The summed E-state index contributed by atoms with van der Waals surface area (Å²) in [6.07, 6.45) is 34.6. The molecule has 56 heavy (non-hydrogen) atoms. The minimum absolute atomic E-state index is 0.971. The second-order valence-electron chi connectivity index (χ2n) is 14.3. The van der Waals surface area contributed by atoms with E-state index in [4.69, 9.17) is 5.73 Å². The Morgan fingerprint density at radius 3 is 1.95 bits per heavy atom. The maximum Gasteiger partial charge on any atom is 0.0387 e. The fourth-order valence-corrected chi connectivity index (χ4v) is 7.17. The predicted octanol–water partition coefficient (Wildman–Crippen LogP) is 13.4. The van der Waals surface area contributed by atoms with Gasteiger partial charge in [-0.2, -0.15) is 0 Å². The lowest BCUT2D eigenvalue weighted by molar-refractivity contribution is 0.815. The van der Waals surface area contributed by atoms with Crippen molar-refractivity contribution in [3.8, 4) is 0 Å². The van der Waals surface area contributed by atoms with Gasteiger partial charge in [0, 0.05) is 17.1 Å². The summed E-state index contributed by atoms with van der Waals surface area (Å²) in [4.78, 5) is 0. The fourth-order valence-electron chi connectivity index (χ4n) is 7.17. The molecule has 2 nitrogen and oxygen atoms in total. The van der Waals surface area contributed by atoms with Gasteiger partial charge in [0.25, 0.3) is 0 Å². The zero-order chi connectivity index (χ0) is 40.7. The van der Waals surface area contributed by atoms with Crippen LogP contribution in [-0.4, -0.2) is 0 Å². The van der Waals surface area contributed by atoms with Crippen LogP contribution in [0.25, 0.3) is 18.7 Å². The lowest BCUT2D eigenvalue weighted by Gasteiger charge is -2.16. The molecule has 3 aromatic rings. The molecule has 0 unspecified atom stereocenters. The molecule has 0 fully saturated rings. The summed E-state index contributed by atoms with van der Waals surface area (Å²) in [6.45, 7) is 21.9. The number of nitrogens with two attached hydrogens (primary N) is 1. The van der Waals surface area contributed by atoms with Gasteiger partial charge in [-0.3, -0.25) is 0 Å². The highest BCUT2D eigenvalue weighted by atomic mass is 14.9.